The van der Waals surface area contributed by atoms with E-state index in [4.69, 9.17) is 4.74 Å². The predicted molar refractivity (Wildman–Crippen MR) is 102 cm³/mol. The highest BCUT2D eigenvalue weighted by molar-refractivity contribution is 5.94. The molecule has 2 amide bonds. The van der Waals surface area contributed by atoms with Crippen molar-refractivity contribution in [2.24, 2.45) is 0 Å². The minimum absolute atomic E-state index is 0.0280. The number of hydrogen-bond donors (Lipinski definition) is 1. The molecule has 2 aromatic rings. The van der Waals surface area contributed by atoms with E-state index in [-0.39, 0.29) is 17.9 Å². The molecular formula is C21H25N3O3. The van der Waals surface area contributed by atoms with Gasteiger partial charge in [-0.05, 0) is 43.5 Å². The molecule has 27 heavy (non-hydrogen) atoms. The third kappa shape index (κ3) is 5.81. The van der Waals surface area contributed by atoms with E-state index >= 15 is 0 Å². The average molecular weight is 367 g/mol. The Morgan fingerprint density at radius 2 is 1.78 bits per heavy atom. The molecule has 1 aromatic carbocycles. The van der Waals surface area contributed by atoms with E-state index in [0.29, 0.717) is 38.1 Å². The van der Waals surface area contributed by atoms with Crippen LogP contribution in [0.2, 0.25) is 0 Å². The van der Waals surface area contributed by atoms with Crippen LogP contribution in [0.1, 0.15) is 36.0 Å². The number of para-hydroxylation sites is 1. The number of likely N-dealkylation sites (tertiary alicyclic amines) is 1. The van der Waals surface area contributed by atoms with Crippen molar-refractivity contribution in [3.05, 3.63) is 60.4 Å². The second-order valence-electron chi connectivity index (χ2n) is 6.63. The summed E-state index contributed by atoms with van der Waals surface area (Å²) in [4.78, 5) is 30.3. The Labute approximate surface area is 159 Å². The lowest BCUT2D eigenvalue weighted by Crippen LogP contribution is -2.46. The molecule has 1 N–H and O–H groups in total. The fourth-order valence-electron chi connectivity index (χ4n) is 3.14. The van der Waals surface area contributed by atoms with Crippen molar-refractivity contribution in [3.8, 4) is 5.75 Å². The standard InChI is InChI=1S/C21H25N3O3/c25-20(7-4-16-27-19-5-2-1-3-6-19)23-18-10-14-24(15-11-18)21(26)17-8-12-22-13-9-17/h1-3,5-6,8-9,12-13,18H,4,7,10-11,14-16H2,(H,23,25). The van der Waals surface area contributed by atoms with Gasteiger partial charge in [-0.1, -0.05) is 18.2 Å². The molecule has 0 bridgehead atoms. The van der Waals surface area contributed by atoms with Gasteiger partial charge >= 0.3 is 0 Å². The number of ether oxygens (including phenoxy) is 1. The summed E-state index contributed by atoms with van der Waals surface area (Å²) in [6.07, 6.45) is 5.94. The Bertz CT molecular complexity index is 729. The fourth-order valence-corrected chi connectivity index (χ4v) is 3.14. The summed E-state index contributed by atoms with van der Waals surface area (Å²) in [6, 6.07) is 13.2. The van der Waals surface area contributed by atoms with Crippen molar-refractivity contribution < 1.29 is 14.3 Å². The molecule has 0 saturated carbocycles. The Morgan fingerprint density at radius 1 is 1.07 bits per heavy atom. The monoisotopic (exact) mass is 367 g/mol. The number of carbonyl (C=O) groups excluding carboxylic acids is 2. The highest BCUT2D eigenvalue weighted by Crippen LogP contribution is 2.14. The minimum Gasteiger partial charge on any atom is -0.494 e. The Hall–Kier alpha value is -2.89. The Morgan fingerprint density at radius 3 is 2.48 bits per heavy atom. The third-order valence-corrected chi connectivity index (χ3v) is 4.63. The molecule has 3 rings (SSSR count). The predicted octanol–water partition coefficient (Wildman–Crippen LogP) is 2.66. The number of amides is 2. The molecule has 142 valence electrons. The number of carbonyl (C=O) groups is 2. The van der Waals surface area contributed by atoms with Gasteiger partial charge < -0.3 is 15.0 Å². The first-order valence-corrected chi connectivity index (χ1v) is 9.39. The molecular weight excluding hydrogens is 342 g/mol. The van der Waals surface area contributed by atoms with Crippen molar-refractivity contribution in [2.75, 3.05) is 19.7 Å². The maximum atomic E-state index is 12.4. The number of pyridine rings is 1. The SMILES string of the molecule is O=C(CCCOc1ccccc1)NC1CCN(C(=O)c2ccncc2)CC1. The second-order valence-corrected chi connectivity index (χ2v) is 6.63. The maximum absolute atomic E-state index is 12.4. The van der Waals surface area contributed by atoms with Gasteiger partial charge in [-0.25, -0.2) is 0 Å². The summed E-state index contributed by atoms with van der Waals surface area (Å²) in [6.45, 7) is 1.84. The largest absolute Gasteiger partial charge is 0.494 e. The summed E-state index contributed by atoms with van der Waals surface area (Å²) in [7, 11) is 0. The molecule has 6 heteroatoms. The van der Waals surface area contributed by atoms with Crippen LogP contribution in [0.25, 0.3) is 0 Å². The van der Waals surface area contributed by atoms with Gasteiger partial charge in [-0.2, -0.15) is 0 Å². The topological polar surface area (TPSA) is 71.5 Å². The van der Waals surface area contributed by atoms with E-state index in [0.717, 1.165) is 18.6 Å². The highest BCUT2D eigenvalue weighted by Gasteiger charge is 2.24. The van der Waals surface area contributed by atoms with E-state index in [1.165, 1.54) is 0 Å². The van der Waals surface area contributed by atoms with E-state index in [1.807, 2.05) is 35.2 Å². The smallest absolute Gasteiger partial charge is 0.253 e. The van der Waals surface area contributed by atoms with E-state index in [1.54, 1.807) is 24.5 Å². The molecule has 1 aliphatic rings. The number of nitrogens with zero attached hydrogens (tertiary/aromatic N) is 2. The summed E-state index contributed by atoms with van der Waals surface area (Å²) < 4.78 is 5.60. The number of benzene rings is 1. The van der Waals surface area contributed by atoms with Gasteiger partial charge in [-0.15, -0.1) is 0 Å². The van der Waals surface area contributed by atoms with Gasteiger partial charge in [0.05, 0.1) is 6.61 Å². The first-order chi connectivity index (χ1) is 13.2. The molecule has 2 heterocycles. The van der Waals surface area contributed by atoms with Crippen LogP contribution in [-0.2, 0) is 4.79 Å². The summed E-state index contributed by atoms with van der Waals surface area (Å²) >= 11 is 0. The molecule has 1 saturated heterocycles. The van der Waals surface area contributed by atoms with Gasteiger partial charge in [0, 0.05) is 43.5 Å². The van der Waals surface area contributed by atoms with E-state index in [9.17, 15) is 9.59 Å². The first kappa shape index (κ1) is 18.9. The molecule has 1 aliphatic heterocycles. The molecule has 0 radical (unpaired) electrons. The molecule has 0 unspecified atom stereocenters. The third-order valence-electron chi connectivity index (χ3n) is 4.63. The molecule has 6 nitrogen and oxygen atoms in total. The normalized spacial score (nSPS) is 14.6. The molecule has 1 fully saturated rings. The maximum Gasteiger partial charge on any atom is 0.253 e. The second kappa shape index (κ2) is 9.71. The lowest BCUT2D eigenvalue weighted by molar-refractivity contribution is -0.122. The van der Waals surface area contributed by atoms with Crippen molar-refractivity contribution in [1.29, 1.82) is 0 Å². The zero-order valence-electron chi connectivity index (χ0n) is 15.3. The van der Waals surface area contributed by atoms with Crippen molar-refractivity contribution >= 4 is 11.8 Å². The molecule has 0 aliphatic carbocycles. The number of piperidine rings is 1. The zero-order chi connectivity index (χ0) is 18.9. The van der Waals surface area contributed by atoms with Crippen LogP contribution in [0.15, 0.2) is 54.9 Å². The highest BCUT2D eigenvalue weighted by atomic mass is 16.5. The number of nitrogens with one attached hydrogen (secondary N) is 1. The van der Waals surface area contributed by atoms with E-state index < -0.39 is 0 Å². The van der Waals surface area contributed by atoms with Crippen molar-refractivity contribution in [2.45, 2.75) is 31.7 Å². The van der Waals surface area contributed by atoms with Crippen LogP contribution in [0.4, 0.5) is 0 Å². The zero-order valence-corrected chi connectivity index (χ0v) is 15.3. The number of aromatic nitrogens is 1. The fraction of sp³-hybridized carbons (Fsp3) is 0.381. The van der Waals surface area contributed by atoms with Crippen LogP contribution in [0.3, 0.4) is 0 Å². The van der Waals surface area contributed by atoms with Gasteiger partial charge in [-0.3, -0.25) is 14.6 Å². The molecule has 0 atom stereocenters. The lowest BCUT2D eigenvalue weighted by Gasteiger charge is -2.32. The number of hydrogen-bond acceptors (Lipinski definition) is 4. The Kier molecular flexibility index (Phi) is 6.79. The van der Waals surface area contributed by atoms with Gasteiger partial charge in [0.1, 0.15) is 5.75 Å². The van der Waals surface area contributed by atoms with Crippen LogP contribution < -0.4 is 10.1 Å². The lowest BCUT2D eigenvalue weighted by atomic mass is 10.0. The molecule has 1 aromatic heterocycles. The first-order valence-electron chi connectivity index (χ1n) is 9.39. The summed E-state index contributed by atoms with van der Waals surface area (Å²) in [5.74, 6) is 0.898. The van der Waals surface area contributed by atoms with Crippen LogP contribution >= 0.6 is 0 Å². The molecule has 0 spiro atoms. The summed E-state index contributed by atoms with van der Waals surface area (Å²) in [5.41, 5.74) is 0.658. The van der Waals surface area contributed by atoms with E-state index in [2.05, 4.69) is 10.3 Å². The van der Waals surface area contributed by atoms with Crippen LogP contribution in [-0.4, -0.2) is 47.4 Å². The van der Waals surface area contributed by atoms with Crippen LogP contribution in [0, 0.1) is 0 Å². The van der Waals surface area contributed by atoms with Gasteiger partial charge in [0.2, 0.25) is 5.91 Å². The minimum atomic E-state index is 0.0280. The Balaban J connectivity index is 1.33. The average Bonchev–Trinajstić information content (AvgIpc) is 2.73. The number of rotatable bonds is 7. The van der Waals surface area contributed by atoms with Gasteiger partial charge in [0.25, 0.3) is 5.91 Å². The quantitative estimate of drug-likeness (QED) is 0.764. The van der Waals surface area contributed by atoms with Crippen molar-refractivity contribution in [3.63, 3.8) is 0 Å². The summed E-state index contributed by atoms with van der Waals surface area (Å²) in [5, 5.41) is 3.07. The van der Waals surface area contributed by atoms with Crippen LogP contribution in [0.5, 0.6) is 5.75 Å². The van der Waals surface area contributed by atoms with Crippen molar-refractivity contribution in [1.82, 2.24) is 15.2 Å². The van der Waals surface area contributed by atoms with Gasteiger partial charge in [0.15, 0.2) is 0 Å².